The summed E-state index contributed by atoms with van der Waals surface area (Å²) in [4.78, 5) is 11.8. The van der Waals surface area contributed by atoms with E-state index in [9.17, 15) is 18.0 Å². The summed E-state index contributed by atoms with van der Waals surface area (Å²) in [6.45, 7) is 1.76. The number of benzene rings is 1. The van der Waals surface area contributed by atoms with Crippen LogP contribution in [0.3, 0.4) is 0 Å². The summed E-state index contributed by atoms with van der Waals surface area (Å²) in [6.07, 6.45) is -4.03. The van der Waals surface area contributed by atoms with Gasteiger partial charge in [-0.2, -0.15) is 18.3 Å². The molecule has 10 heteroatoms. The number of nitrogens with zero attached hydrogens (tertiary/aromatic N) is 2. The van der Waals surface area contributed by atoms with Gasteiger partial charge in [-0.25, -0.2) is 4.68 Å². The molecule has 4 nitrogen and oxygen atoms in total. The van der Waals surface area contributed by atoms with E-state index in [1.807, 2.05) is 0 Å². The van der Waals surface area contributed by atoms with Gasteiger partial charge in [0.1, 0.15) is 5.69 Å². The second-order valence-corrected chi connectivity index (χ2v) is 5.64. The zero-order valence-corrected chi connectivity index (χ0v) is 13.8. The van der Waals surface area contributed by atoms with E-state index in [0.29, 0.717) is 4.68 Å². The molecular formula is C13H9Cl3F3N3O. The SMILES string of the molecule is CCNC(=O)c1cnn(-c2c(Cl)cc(Cl)cc2Cl)c1C(F)(F)F. The quantitative estimate of drug-likeness (QED) is 0.838. The van der Waals surface area contributed by atoms with Crippen molar-refractivity contribution in [2.75, 3.05) is 6.54 Å². The van der Waals surface area contributed by atoms with Crippen molar-refractivity contribution < 1.29 is 18.0 Å². The summed E-state index contributed by atoms with van der Waals surface area (Å²) < 4.78 is 40.7. The Hall–Kier alpha value is -1.44. The van der Waals surface area contributed by atoms with E-state index in [-0.39, 0.29) is 27.3 Å². The molecule has 0 aliphatic carbocycles. The van der Waals surface area contributed by atoms with Crippen LogP contribution in [0.4, 0.5) is 13.2 Å². The van der Waals surface area contributed by atoms with Crippen molar-refractivity contribution in [3.63, 3.8) is 0 Å². The van der Waals surface area contributed by atoms with Crippen molar-refractivity contribution in [2.45, 2.75) is 13.1 Å². The molecule has 1 N–H and O–H groups in total. The predicted molar refractivity (Wildman–Crippen MR) is 81.6 cm³/mol. The van der Waals surface area contributed by atoms with Crippen LogP contribution in [-0.2, 0) is 6.18 Å². The van der Waals surface area contributed by atoms with Gasteiger partial charge in [-0.05, 0) is 19.1 Å². The minimum atomic E-state index is -4.84. The first-order valence-corrected chi connectivity index (χ1v) is 7.38. The Morgan fingerprint density at radius 2 is 1.83 bits per heavy atom. The summed E-state index contributed by atoms with van der Waals surface area (Å²) in [5.41, 5.74) is -2.10. The fourth-order valence-electron chi connectivity index (χ4n) is 1.95. The Bertz CT molecular complexity index is 736. The average molecular weight is 387 g/mol. The highest BCUT2D eigenvalue weighted by Gasteiger charge is 2.41. The fourth-order valence-corrected chi connectivity index (χ4v) is 2.93. The van der Waals surface area contributed by atoms with Gasteiger partial charge in [0.25, 0.3) is 5.91 Å². The highest BCUT2D eigenvalue weighted by Crippen LogP contribution is 2.38. The highest BCUT2D eigenvalue weighted by molar-refractivity contribution is 6.40. The maximum absolute atomic E-state index is 13.4. The Kier molecular flexibility index (Phi) is 5.13. The number of carbonyl (C=O) groups is 1. The van der Waals surface area contributed by atoms with Crippen molar-refractivity contribution in [3.8, 4) is 5.69 Å². The molecule has 0 saturated heterocycles. The van der Waals surface area contributed by atoms with Crippen molar-refractivity contribution in [1.29, 1.82) is 0 Å². The smallest absolute Gasteiger partial charge is 0.352 e. The molecule has 0 aliphatic heterocycles. The Morgan fingerprint density at radius 3 is 2.30 bits per heavy atom. The van der Waals surface area contributed by atoms with Crippen LogP contribution in [0.25, 0.3) is 5.69 Å². The van der Waals surface area contributed by atoms with Gasteiger partial charge in [0.2, 0.25) is 0 Å². The summed E-state index contributed by atoms with van der Waals surface area (Å²) >= 11 is 17.6. The lowest BCUT2D eigenvalue weighted by molar-refractivity contribution is -0.143. The lowest BCUT2D eigenvalue weighted by atomic mass is 10.2. The molecular weight excluding hydrogens is 378 g/mol. The van der Waals surface area contributed by atoms with Gasteiger partial charge < -0.3 is 5.32 Å². The van der Waals surface area contributed by atoms with E-state index in [0.717, 1.165) is 6.20 Å². The van der Waals surface area contributed by atoms with Crippen LogP contribution in [0, 0.1) is 0 Å². The molecule has 0 unspecified atom stereocenters. The second-order valence-electron chi connectivity index (χ2n) is 4.39. The van der Waals surface area contributed by atoms with Gasteiger partial charge in [0.05, 0.1) is 21.8 Å². The summed E-state index contributed by atoms with van der Waals surface area (Å²) in [5.74, 6) is -0.896. The van der Waals surface area contributed by atoms with Crippen LogP contribution in [0.5, 0.6) is 0 Å². The van der Waals surface area contributed by atoms with Crippen molar-refractivity contribution in [3.05, 3.63) is 44.7 Å². The fraction of sp³-hybridized carbons (Fsp3) is 0.231. The molecule has 0 atom stereocenters. The predicted octanol–water partition coefficient (Wildman–Crippen LogP) is 4.60. The van der Waals surface area contributed by atoms with E-state index in [2.05, 4.69) is 10.4 Å². The van der Waals surface area contributed by atoms with E-state index in [1.165, 1.54) is 12.1 Å². The number of alkyl halides is 3. The number of hydrogen-bond acceptors (Lipinski definition) is 2. The largest absolute Gasteiger partial charge is 0.434 e. The van der Waals surface area contributed by atoms with Crippen LogP contribution in [-0.4, -0.2) is 22.2 Å². The monoisotopic (exact) mass is 385 g/mol. The molecule has 0 aliphatic rings. The molecule has 0 fully saturated rings. The van der Waals surface area contributed by atoms with Crippen LogP contribution in [0.15, 0.2) is 18.3 Å². The van der Waals surface area contributed by atoms with Gasteiger partial charge in [0, 0.05) is 11.6 Å². The van der Waals surface area contributed by atoms with Crippen molar-refractivity contribution in [1.82, 2.24) is 15.1 Å². The number of aromatic nitrogens is 2. The number of amides is 1. The molecule has 23 heavy (non-hydrogen) atoms. The average Bonchev–Trinajstić information content (AvgIpc) is 2.82. The zero-order chi connectivity index (χ0) is 17.4. The number of rotatable bonds is 3. The van der Waals surface area contributed by atoms with E-state index >= 15 is 0 Å². The van der Waals surface area contributed by atoms with Crippen LogP contribution in [0.2, 0.25) is 15.1 Å². The third kappa shape index (κ3) is 3.57. The normalized spacial score (nSPS) is 11.6. The molecule has 2 rings (SSSR count). The van der Waals surface area contributed by atoms with Gasteiger partial charge in [0.15, 0.2) is 5.69 Å². The van der Waals surface area contributed by atoms with Crippen molar-refractivity contribution in [2.24, 2.45) is 0 Å². The molecule has 0 radical (unpaired) electrons. The Labute approximate surface area is 144 Å². The Morgan fingerprint density at radius 1 is 1.26 bits per heavy atom. The van der Waals surface area contributed by atoms with Crippen LogP contribution < -0.4 is 5.32 Å². The van der Waals surface area contributed by atoms with E-state index < -0.39 is 23.3 Å². The third-order valence-electron chi connectivity index (χ3n) is 2.81. The Balaban J connectivity index is 2.72. The summed E-state index contributed by atoms with van der Waals surface area (Å²) in [7, 11) is 0. The molecule has 1 aromatic heterocycles. The second kappa shape index (κ2) is 6.59. The lowest BCUT2D eigenvalue weighted by Gasteiger charge is -2.15. The van der Waals surface area contributed by atoms with Crippen LogP contribution >= 0.6 is 34.8 Å². The molecule has 0 spiro atoms. The molecule has 1 heterocycles. The van der Waals surface area contributed by atoms with Gasteiger partial charge >= 0.3 is 6.18 Å². The van der Waals surface area contributed by atoms with E-state index in [4.69, 9.17) is 34.8 Å². The first kappa shape index (κ1) is 17.9. The number of nitrogens with one attached hydrogen (secondary N) is 1. The maximum Gasteiger partial charge on any atom is 0.434 e. The van der Waals surface area contributed by atoms with E-state index in [1.54, 1.807) is 6.92 Å². The molecule has 1 aromatic carbocycles. The molecule has 1 amide bonds. The van der Waals surface area contributed by atoms with Crippen LogP contribution in [0.1, 0.15) is 23.0 Å². The topological polar surface area (TPSA) is 46.9 Å². The number of hydrogen-bond donors (Lipinski definition) is 1. The third-order valence-corrected chi connectivity index (χ3v) is 3.61. The molecule has 0 saturated carbocycles. The highest BCUT2D eigenvalue weighted by atomic mass is 35.5. The van der Waals surface area contributed by atoms with Gasteiger partial charge in [-0.15, -0.1) is 0 Å². The molecule has 0 bridgehead atoms. The first-order chi connectivity index (χ1) is 10.7. The number of halogens is 6. The first-order valence-electron chi connectivity index (χ1n) is 6.25. The standard InChI is InChI=1S/C13H9Cl3F3N3O/c1-2-20-12(23)7-5-21-22(11(7)13(17,18)19)10-8(15)3-6(14)4-9(10)16/h3-5H,2H2,1H3,(H,20,23). The minimum absolute atomic E-state index is 0.126. The van der Waals surface area contributed by atoms with Gasteiger partial charge in [-0.3, -0.25) is 4.79 Å². The summed E-state index contributed by atoms with van der Waals surface area (Å²) in [5, 5.41) is 5.84. The zero-order valence-electron chi connectivity index (χ0n) is 11.5. The lowest BCUT2D eigenvalue weighted by Crippen LogP contribution is -2.26. The molecule has 2 aromatic rings. The maximum atomic E-state index is 13.4. The minimum Gasteiger partial charge on any atom is -0.352 e. The summed E-state index contributed by atoms with van der Waals surface area (Å²) in [6, 6.07) is 2.47. The van der Waals surface area contributed by atoms with Crippen molar-refractivity contribution >= 4 is 40.7 Å². The molecule has 124 valence electrons. The van der Waals surface area contributed by atoms with Gasteiger partial charge in [-0.1, -0.05) is 34.8 Å². The number of carbonyl (C=O) groups excluding carboxylic acids is 1.